The van der Waals surface area contributed by atoms with Gasteiger partial charge in [0.05, 0.1) is 29.8 Å². The van der Waals surface area contributed by atoms with Crippen LogP contribution in [0.15, 0.2) is 31.0 Å². The molecule has 7 heteroatoms. The molecule has 0 aliphatic heterocycles. The zero-order valence-electron chi connectivity index (χ0n) is 6.94. The molecule has 0 atom stereocenters. The fraction of sp³-hybridized carbons (Fsp3) is 0. The van der Waals surface area contributed by atoms with Crippen molar-refractivity contribution in [2.75, 3.05) is 0 Å². The van der Waals surface area contributed by atoms with Crippen LogP contribution in [0, 0.1) is 10.1 Å². The van der Waals surface area contributed by atoms with Gasteiger partial charge in [-0.1, -0.05) is 0 Å². The first-order chi connectivity index (χ1) is 6.77. The second-order valence-electron chi connectivity index (χ2n) is 2.47. The van der Waals surface area contributed by atoms with Crippen molar-refractivity contribution >= 4 is 5.82 Å². The highest BCUT2D eigenvalue weighted by atomic mass is 16.6. The van der Waals surface area contributed by atoms with Crippen LogP contribution in [0.4, 0.5) is 5.82 Å². The van der Waals surface area contributed by atoms with Crippen LogP contribution in [0.2, 0.25) is 0 Å². The van der Waals surface area contributed by atoms with Crippen LogP contribution >= 0.6 is 0 Å². The average Bonchev–Trinajstić information content (AvgIpc) is 2.68. The molecular weight excluding hydrogens is 186 g/mol. The van der Waals surface area contributed by atoms with E-state index in [1.54, 1.807) is 0 Å². The van der Waals surface area contributed by atoms with Crippen LogP contribution in [-0.4, -0.2) is 24.7 Å². The Labute approximate surface area is 78.2 Å². The highest BCUT2D eigenvalue weighted by Gasteiger charge is 2.11. The van der Waals surface area contributed by atoms with Crippen molar-refractivity contribution in [1.29, 1.82) is 0 Å². The van der Waals surface area contributed by atoms with E-state index in [2.05, 4.69) is 15.1 Å². The summed E-state index contributed by atoms with van der Waals surface area (Å²) in [6.45, 7) is 0. The molecule has 0 saturated heterocycles. The van der Waals surface area contributed by atoms with Crippen LogP contribution in [0.3, 0.4) is 0 Å². The van der Waals surface area contributed by atoms with Gasteiger partial charge in [-0.3, -0.25) is 0 Å². The first kappa shape index (κ1) is 8.30. The third-order valence-corrected chi connectivity index (χ3v) is 1.57. The maximum Gasteiger partial charge on any atom is 0.390 e. The lowest BCUT2D eigenvalue weighted by atomic mass is 10.5. The molecule has 70 valence electrons. The average molecular weight is 191 g/mol. The van der Waals surface area contributed by atoms with Gasteiger partial charge < -0.3 is 10.1 Å². The summed E-state index contributed by atoms with van der Waals surface area (Å²) in [7, 11) is 0. The van der Waals surface area contributed by atoms with Gasteiger partial charge in [0.2, 0.25) is 0 Å². The lowest BCUT2D eigenvalue weighted by Gasteiger charge is -1.92. The normalized spacial score (nSPS) is 10.0. The molecule has 2 rings (SSSR count). The van der Waals surface area contributed by atoms with Gasteiger partial charge in [0.15, 0.2) is 0 Å². The summed E-state index contributed by atoms with van der Waals surface area (Å²) < 4.78 is 1.35. The minimum atomic E-state index is -0.555. The first-order valence-electron chi connectivity index (χ1n) is 3.73. The van der Waals surface area contributed by atoms with E-state index in [0.29, 0.717) is 5.69 Å². The highest BCUT2D eigenvalue weighted by molar-refractivity contribution is 5.26. The quantitative estimate of drug-likeness (QED) is 0.511. The standard InChI is InChI=1S/C7H5N5O2/c13-12(14)7-1-2-11(10-7)6-3-8-5-9-4-6/h1-5H. The summed E-state index contributed by atoms with van der Waals surface area (Å²) in [5, 5.41) is 14.1. The number of hydrogen-bond donors (Lipinski definition) is 0. The summed E-state index contributed by atoms with van der Waals surface area (Å²) in [5.41, 5.74) is 0.584. The Balaban J connectivity index is 2.39. The Morgan fingerprint density at radius 2 is 2.07 bits per heavy atom. The van der Waals surface area contributed by atoms with Gasteiger partial charge in [0.1, 0.15) is 12.0 Å². The van der Waals surface area contributed by atoms with Crippen molar-refractivity contribution in [2.45, 2.75) is 0 Å². The monoisotopic (exact) mass is 191 g/mol. The molecule has 0 amide bonds. The molecule has 2 aromatic heterocycles. The molecule has 0 spiro atoms. The largest absolute Gasteiger partial charge is 0.390 e. The lowest BCUT2D eigenvalue weighted by molar-refractivity contribution is -0.389. The summed E-state index contributed by atoms with van der Waals surface area (Å²) >= 11 is 0. The van der Waals surface area contributed by atoms with Crippen molar-refractivity contribution in [3.8, 4) is 5.69 Å². The van der Waals surface area contributed by atoms with Gasteiger partial charge in [-0.2, -0.15) is 0 Å². The molecule has 2 heterocycles. The van der Waals surface area contributed by atoms with Crippen LogP contribution in [-0.2, 0) is 0 Å². The Morgan fingerprint density at radius 1 is 1.36 bits per heavy atom. The summed E-state index contributed by atoms with van der Waals surface area (Å²) in [5.74, 6) is -0.200. The zero-order chi connectivity index (χ0) is 9.97. The maximum atomic E-state index is 10.3. The Bertz CT molecular complexity index is 452. The Morgan fingerprint density at radius 3 is 2.64 bits per heavy atom. The van der Waals surface area contributed by atoms with Crippen LogP contribution < -0.4 is 0 Å². The summed E-state index contributed by atoms with van der Waals surface area (Å²) in [4.78, 5) is 17.3. The number of nitro groups is 1. The molecule has 0 aliphatic carbocycles. The van der Waals surface area contributed by atoms with Gasteiger partial charge in [-0.25, -0.2) is 9.97 Å². The van der Waals surface area contributed by atoms with Gasteiger partial charge in [0, 0.05) is 0 Å². The highest BCUT2D eigenvalue weighted by Crippen LogP contribution is 2.09. The summed E-state index contributed by atoms with van der Waals surface area (Å²) in [6, 6.07) is 1.31. The van der Waals surface area contributed by atoms with Crippen LogP contribution in [0.5, 0.6) is 0 Å². The van der Waals surface area contributed by atoms with E-state index in [1.807, 2.05) is 0 Å². The van der Waals surface area contributed by atoms with Gasteiger partial charge in [-0.15, -0.1) is 4.68 Å². The van der Waals surface area contributed by atoms with Crippen molar-refractivity contribution in [3.05, 3.63) is 41.1 Å². The lowest BCUT2D eigenvalue weighted by Crippen LogP contribution is -1.97. The van der Waals surface area contributed by atoms with Crippen molar-refractivity contribution in [1.82, 2.24) is 19.7 Å². The van der Waals surface area contributed by atoms with E-state index in [0.717, 1.165) is 0 Å². The van der Waals surface area contributed by atoms with E-state index in [-0.39, 0.29) is 5.82 Å². The van der Waals surface area contributed by atoms with Crippen LogP contribution in [0.25, 0.3) is 5.69 Å². The van der Waals surface area contributed by atoms with E-state index in [1.165, 1.54) is 35.7 Å². The minimum Gasteiger partial charge on any atom is -0.358 e. The van der Waals surface area contributed by atoms with Gasteiger partial charge in [-0.05, 0) is 4.92 Å². The molecule has 0 bridgehead atoms. The van der Waals surface area contributed by atoms with Gasteiger partial charge in [0.25, 0.3) is 0 Å². The third kappa shape index (κ3) is 1.42. The zero-order valence-corrected chi connectivity index (χ0v) is 6.94. The molecule has 0 N–H and O–H groups in total. The molecular formula is C7H5N5O2. The molecule has 0 fully saturated rings. The molecule has 0 unspecified atom stereocenters. The van der Waals surface area contributed by atoms with E-state index < -0.39 is 4.92 Å². The fourth-order valence-corrected chi connectivity index (χ4v) is 0.965. The fourth-order valence-electron chi connectivity index (χ4n) is 0.965. The molecule has 0 saturated carbocycles. The first-order valence-corrected chi connectivity index (χ1v) is 3.73. The Hall–Kier alpha value is -2.31. The van der Waals surface area contributed by atoms with E-state index in [9.17, 15) is 10.1 Å². The third-order valence-electron chi connectivity index (χ3n) is 1.57. The number of rotatable bonds is 2. The van der Waals surface area contributed by atoms with Crippen molar-refractivity contribution in [3.63, 3.8) is 0 Å². The van der Waals surface area contributed by atoms with Gasteiger partial charge >= 0.3 is 5.82 Å². The SMILES string of the molecule is O=[N+]([O-])c1ccn(-c2cncnc2)n1. The van der Waals surface area contributed by atoms with Crippen molar-refractivity contribution in [2.24, 2.45) is 0 Å². The second kappa shape index (κ2) is 3.21. The molecule has 0 aromatic carbocycles. The van der Waals surface area contributed by atoms with Crippen LogP contribution in [0.1, 0.15) is 0 Å². The predicted molar refractivity (Wildman–Crippen MR) is 45.8 cm³/mol. The molecule has 0 radical (unpaired) electrons. The predicted octanol–water partition coefficient (Wildman–Crippen LogP) is 0.570. The minimum absolute atomic E-state index is 0.200. The topological polar surface area (TPSA) is 86.7 Å². The van der Waals surface area contributed by atoms with E-state index >= 15 is 0 Å². The number of aromatic nitrogens is 4. The molecule has 14 heavy (non-hydrogen) atoms. The maximum absolute atomic E-state index is 10.3. The second-order valence-corrected chi connectivity index (χ2v) is 2.47. The smallest absolute Gasteiger partial charge is 0.358 e. The number of hydrogen-bond acceptors (Lipinski definition) is 5. The van der Waals surface area contributed by atoms with Crippen molar-refractivity contribution < 1.29 is 4.92 Å². The molecule has 7 nitrogen and oxygen atoms in total. The Kier molecular flexibility index (Phi) is 1.90. The summed E-state index contributed by atoms with van der Waals surface area (Å²) in [6.07, 6.45) is 5.89. The molecule has 0 aliphatic rings. The van der Waals surface area contributed by atoms with E-state index in [4.69, 9.17) is 0 Å². The number of nitrogens with zero attached hydrogens (tertiary/aromatic N) is 5. The molecule has 2 aromatic rings.